The quantitative estimate of drug-likeness (QED) is 0.427. The Balaban J connectivity index is 1.59. The Hall–Kier alpha value is -0.810. The van der Waals surface area contributed by atoms with Gasteiger partial charge in [0, 0.05) is 19.7 Å². The van der Waals surface area contributed by atoms with Gasteiger partial charge in [-0.2, -0.15) is 0 Å². The zero-order valence-corrected chi connectivity index (χ0v) is 11.9. The summed E-state index contributed by atoms with van der Waals surface area (Å²) < 4.78 is 5.46. The second-order valence-corrected chi connectivity index (χ2v) is 5.68. The first-order chi connectivity index (χ1) is 9.28. The fraction of sp³-hybridized carbons (Fsp3) is 0.929. The van der Waals surface area contributed by atoms with Crippen molar-refractivity contribution in [1.82, 2.24) is 10.6 Å². The van der Waals surface area contributed by atoms with Gasteiger partial charge in [-0.3, -0.25) is 4.99 Å². The van der Waals surface area contributed by atoms with Crippen LogP contribution in [-0.2, 0) is 4.74 Å². The van der Waals surface area contributed by atoms with Gasteiger partial charge in [-0.1, -0.05) is 0 Å². The molecule has 0 aliphatic heterocycles. The molecule has 0 saturated heterocycles. The maximum atomic E-state index is 9.80. The Bertz CT molecular complexity index is 288. The van der Waals surface area contributed by atoms with E-state index in [1.54, 1.807) is 0 Å². The van der Waals surface area contributed by atoms with Gasteiger partial charge in [0.15, 0.2) is 5.96 Å². The van der Waals surface area contributed by atoms with Crippen molar-refractivity contribution in [2.45, 2.75) is 38.7 Å². The topological polar surface area (TPSA) is 65.9 Å². The summed E-state index contributed by atoms with van der Waals surface area (Å²) in [6.07, 6.45) is 4.71. The molecule has 0 aromatic heterocycles. The van der Waals surface area contributed by atoms with Crippen molar-refractivity contribution >= 4 is 5.96 Å². The van der Waals surface area contributed by atoms with Gasteiger partial charge < -0.3 is 20.5 Å². The molecular formula is C14H27N3O2. The molecule has 2 aliphatic rings. The lowest BCUT2D eigenvalue weighted by molar-refractivity contribution is 0.0368. The number of aliphatic imine (C=N–C) groups is 1. The summed E-state index contributed by atoms with van der Waals surface area (Å²) in [5.74, 6) is 2.36. The number of hydrogen-bond donors (Lipinski definition) is 3. The van der Waals surface area contributed by atoms with Gasteiger partial charge in [-0.25, -0.2) is 0 Å². The Labute approximate surface area is 115 Å². The lowest BCUT2D eigenvalue weighted by atomic mass is 10.4. The summed E-state index contributed by atoms with van der Waals surface area (Å²) in [4.78, 5) is 4.39. The van der Waals surface area contributed by atoms with E-state index in [0.717, 1.165) is 37.5 Å². The van der Waals surface area contributed by atoms with E-state index in [2.05, 4.69) is 15.6 Å². The number of nitrogens with zero attached hydrogens (tertiary/aromatic N) is 1. The van der Waals surface area contributed by atoms with Crippen molar-refractivity contribution < 1.29 is 9.84 Å². The largest absolute Gasteiger partial charge is 0.389 e. The van der Waals surface area contributed by atoms with E-state index in [-0.39, 0.29) is 0 Å². The minimum atomic E-state index is -0.505. The normalized spacial score (nSPS) is 21.3. The molecule has 5 nitrogen and oxygen atoms in total. The molecule has 0 bridgehead atoms. The third-order valence-corrected chi connectivity index (χ3v) is 3.42. The molecule has 0 spiro atoms. The fourth-order valence-electron chi connectivity index (χ4n) is 1.81. The van der Waals surface area contributed by atoms with Crippen LogP contribution in [0.4, 0.5) is 0 Å². The van der Waals surface area contributed by atoms with Crippen molar-refractivity contribution in [3.05, 3.63) is 0 Å². The third kappa shape index (κ3) is 6.78. The second kappa shape index (κ2) is 7.70. The van der Waals surface area contributed by atoms with Crippen LogP contribution >= 0.6 is 0 Å². The Morgan fingerprint density at radius 2 is 2.00 bits per heavy atom. The van der Waals surface area contributed by atoms with Gasteiger partial charge >= 0.3 is 0 Å². The molecule has 0 radical (unpaired) electrons. The highest BCUT2D eigenvalue weighted by molar-refractivity contribution is 5.79. The predicted molar refractivity (Wildman–Crippen MR) is 76.3 cm³/mol. The first kappa shape index (κ1) is 14.6. The first-order valence-electron chi connectivity index (χ1n) is 7.56. The molecule has 2 saturated carbocycles. The number of aliphatic hydroxyl groups is 1. The van der Waals surface area contributed by atoms with E-state index in [4.69, 9.17) is 4.74 Å². The summed E-state index contributed by atoms with van der Waals surface area (Å²) in [6, 6.07) is 0. The predicted octanol–water partition coefficient (Wildman–Crippen LogP) is 0.739. The standard InChI is InChI=1S/C14H27N3O2/c1-2-15-14(16-7-11-3-4-11)17-8-13(18)10-19-9-12-5-6-12/h11-13,18H,2-10H2,1H3,(H2,15,16,17). The average Bonchev–Trinajstić information content (AvgIpc) is 3.26. The molecule has 110 valence electrons. The van der Waals surface area contributed by atoms with Crippen LogP contribution in [0.15, 0.2) is 4.99 Å². The highest BCUT2D eigenvalue weighted by Crippen LogP contribution is 2.28. The third-order valence-electron chi connectivity index (χ3n) is 3.42. The maximum absolute atomic E-state index is 9.80. The van der Waals surface area contributed by atoms with Crippen LogP contribution < -0.4 is 10.6 Å². The van der Waals surface area contributed by atoms with Gasteiger partial charge in [0.1, 0.15) is 0 Å². The number of aliphatic hydroxyl groups excluding tert-OH is 1. The molecule has 5 heteroatoms. The molecule has 2 rings (SSSR count). The summed E-state index contributed by atoms with van der Waals surface area (Å²) in [7, 11) is 0. The molecule has 0 aromatic rings. The molecule has 0 amide bonds. The summed E-state index contributed by atoms with van der Waals surface area (Å²) in [6.45, 7) is 5.45. The van der Waals surface area contributed by atoms with E-state index in [9.17, 15) is 5.11 Å². The lowest BCUT2D eigenvalue weighted by Gasteiger charge is -2.13. The number of hydrogen-bond acceptors (Lipinski definition) is 3. The number of rotatable bonds is 9. The van der Waals surface area contributed by atoms with Crippen molar-refractivity contribution in [2.75, 3.05) is 32.8 Å². The van der Waals surface area contributed by atoms with Crippen LogP contribution in [0.5, 0.6) is 0 Å². The van der Waals surface area contributed by atoms with Crippen molar-refractivity contribution in [2.24, 2.45) is 16.8 Å². The zero-order chi connectivity index (χ0) is 13.5. The smallest absolute Gasteiger partial charge is 0.191 e. The van der Waals surface area contributed by atoms with Crippen LogP contribution in [-0.4, -0.2) is 50.0 Å². The monoisotopic (exact) mass is 269 g/mol. The van der Waals surface area contributed by atoms with Crippen LogP contribution in [0, 0.1) is 11.8 Å². The molecule has 1 unspecified atom stereocenters. The molecule has 0 aromatic carbocycles. The average molecular weight is 269 g/mol. The number of ether oxygens (including phenoxy) is 1. The van der Waals surface area contributed by atoms with Crippen LogP contribution in [0.2, 0.25) is 0 Å². The van der Waals surface area contributed by atoms with Gasteiger partial charge in [0.25, 0.3) is 0 Å². The minimum absolute atomic E-state index is 0.391. The highest BCUT2D eigenvalue weighted by atomic mass is 16.5. The molecule has 1 atom stereocenters. The van der Waals surface area contributed by atoms with Crippen LogP contribution in [0.25, 0.3) is 0 Å². The molecule has 2 aliphatic carbocycles. The second-order valence-electron chi connectivity index (χ2n) is 5.68. The van der Waals surface area contributed by atoms with E-state index >= 15 is 0 Å². The highest BCUT2D eigenvalue weighted by Gasteiger charge is 2.22. The summed E-state index contributed by atoms with van der Waals surface area (Å²) >= 11 is 0. The molecular weight excluding hydrogens is 242 g/mol. The SMILES string of the molecule is CCNC(=NCC(O)COCC1CC1)NCC1CC1. The molecule has 2 fully saturated rings. The zero-order valence-electron chi connectivity index (χ0n) is 11.9. The van der Waals surface area contributed by atoms with Gasteiger partial charge in [-0.05, 0) is 44.4 Å². The van der Waals surface area contributed by atoms with E-state index in [0.29, 0.717) is 13.2 Å². The first-order valence-corrected chi connectivity index (χ1v) is 7.56. The van der Waals surface area contributed by atoms with Gasteiger partial charge in [-0.15, -0.1) is 0 Å². The van der Waals surface area contributed by atoms with E-state index in [1.165, 1.54) is 25.7 Å². The fourth-order valence-corrected chi connectivity index (χ4v) is 1.81. The number of nitrogens with one attached hydrogen (secondary N) is 2. The maximum Gasteiger partial charge on any atom is 0.191 e. The van der Waals surface area contributed by atoms with Crippen molar-refractivity contribution in [3.8, 4) is 0 Å². The minimum Gasteiger partial charge on any atom is -0.389 e. The molecule has 3 N–H and O–H groups in total. The van der Waals surface area contributed by atoms with Crippen LogP contribution in [0.3, 0.4) is 0 Å². The summed E-state index contributed by atoms with van der Waals surface area (Å²) in [5, 5.41) is 16.3. The van der Waals surface area contributed by atoms with Crippen LogP contribution in [0.1, 0.15) is 32.6 Å². The lowest BCUT2D eigenvalue weighted by Crippen LogP contribution is -2.39. The summed E-state index contributed by atoms with van der Waals surface area (Å²) in [5.41, 5.74) is 0. The number of guanidine groups is 1. The molecule has 19 heavy (non-hydrogen) atoms. The Morgan fingerprint density at radius 3 is 2.63 bits per heavy atom. The van der Waals surface area contributed by atoms with Gasteiger partial charge in [0.2, 0.25) is 0 Å². The Kier molecular flexibility index (Phi) is 5.92. The Morgan fingerprint density at radius 1 is 1.26 bits per heavy atom. The van der Waals surface area contributed by atoms with E-state index in [1.807, 2.05) is 6.92 Å². The van der Waals surface area contributed by atoms with Crippen molar-refractivity contribution in [1.29, 1.82) is 0 Å². The van der Waals surface area contributed by atoms with E-state index < -0.39 is 6.10 Å². The van der Waals surface area contributed by atoms with Crippen molar-refractivity contribution in [3.63, 3.8) is 0 Å². The molecule has 0 heterocycles. The van der Waals surface area contributed by atoms with Gasteiger partial charge in [0.05, 0.1) is 19.3 Å².